The fraction of sp³-hybridized carbons (Fsp3) is 0.700. The van der Waals surface area contributed by atoms with E-state index in [4.69, 9.17) is 10.8 Å². The Labute approximate surface area is 90.5 Å². The normalized spacial score (nSPS) is 13.4. The van der Waals surface area contributed by atoms with Gasteiger partial charge in [-0.2, -0.15) is 0 Å². The highest BCUT2D eigenvalue weighted by Crippen LogP contribution is 2.09. The molecule has 0 saturated carbocycles. The molecule has 86 valence electrons. The van der Waals surface area contributed by atoms with Gasteiger partial charge in [0.1, 0.15) is 0 Å². The molecular formula is C10H20N4O. The number of nitrogens with two attached hydrogens (primary N) is 1. The zero-order valence-corrected chi connectivity index (χ0v) is 9.43. The quantitative estimate of drug-likeness (QED) is 0.687. The summed E-state index contributed by atoms with van der Waals surface area (Å²) >= 11 is 0. The van der Waals surface area contributed by atoms with E-state index in [1.165, 1.54) is 0 Å². The number of hydrogen-bond acceptors (Lipinski definition) is 4. The summed E-state index contributed by atoms with van der Waals surface area (Å²) in [6, 6.07) is -0.327. The van der Waals surface area contributed by atoms with Gasteiger partial charge in [-0.1, -0.05) is 0 Å². The summed E-state index contributed by atoms with van der Waals surface area (Å²) in [4.78, 5) is 6.19. The van der Waals surface area contributed by atoms with E-state index in [9.17, 15) is 0 Å². The molecule has 0 aliphatic heterocycles. The highest BCUT2D eigenvalue weighted by atomic mass is 16.3. The molecule has 1 rings (SSSR count). The van der Waals surface area contributed by atoms with Crippen LogP contribution in [0.25, 0.3) is 0 Å². The number of rotatable bonds is 6. The number of aryl methyl sites for hydroxylation is 1. The van der Waals surface area contributed by atoms with Crippen molar-refractivity contribution >= 4 is 0 Å². The van der Waals surface area contributed by atoms with E-state index in [1.807, 2.05) is 18.7 Å². The highest BCUT2D eigenvalue weighted by molar-refractivity contribution is 5.04. The maximum Gasteiger partial charge on any atom is 0.0948 e. The molecule has 0 spiro atoms. The molecule has 0 saturated heterocycles. The van der Waals surface area contributed by atoms with E-state index in [2.05, 4.69) is 9.88 Å². The summed E-state index contributed by atoms with van der Waals surface area (Å²) in [5.41, 5.74) is 6.65. The lowest BCUT2D eigenvalue weighted by Gasteiger charge is -2.14. The van der Waals surface area contributed by atoms with Crippen molar-refractivity contribution in [2.24, 2.45) is 5.73 Å². The van der Waals surface area contributed by atoms with Crippen LogP contribution in [0.15, 0.2) is 12.5 Å². The molecule has 0 bridgehead atoms. The molecule has 5 heteroatoms. The van der Waals surface area contributed by atoms with E-state index in [1.54, 1.807) is 12.5 Å². The zero-order valence-electron chi connectivity index (χ0n) is 9.43. The molecule has 0 fully saturated rings. The van der Waals surface area contributed by atoms with Crippen molar-refractivity contribution in [1.29, 1.82) is 0 Å². The van der Waals surface area contributed by atoms with Crippen LogP contribution in [0, 0.1) is 0 Å². The number of hydrogen-bond donors (Lipinski definition) is 2. The minimum Gasteiger partial charge on any atom is -0.394 e. The van der Waals surface area contributed by atoms with E-state index in [0.29, 0.717) is 0 Å². The number of aliphatic hydroxyl groups excluding tert-OH is 1. The Hall–Kier alpha value is -0.910. The third-order valence-corrected chi connectivity index (χ3v) is 2.33. The molecule has 1 aromatic heterocycles. The maximum absolute atomic E-state index is 8.97. The summed E-state index contributed by atoms with van der Waals surface area (Å²) in [5, 5.41) is 8.97. The van der Waals surface area contributed by atoms with Gasteiger partial charge in [-0.05, 0) is 27.1 Å². The molecule has 0 amide bonds. The van der Waals surface area contributed by atoms with Crippen molar-refractivity contribution in [1.82, 2.24) is 14.5 Å². The Morgan fingerprint density at radius 3 is 2.93 bits per heavy atom. The first-order chi connectivity index (χ1) is 7.15. The van der Waals surface area contributed by atoms with Gasteiger partial charge < -0.3 is 20.3 Å². The summed E-state index contributed by atoms with van der Waals surface area (Å²) < 4.78 is 2.00. The fourth-order valence-electron chi connectivity index (χ4n) is 1.48. The summed E-state index contributed by atoms with van der Waals surface area (Å²) in [6.07, 6.45) is 4.53. The van der Waals surface area contributed by atoms with Crippen molar-refractivity contribution in [2.45, 2.75) is 19.0 Å². The van der Waals surface area contributed by atoms with Crippen LogP contribution >= 0.6 is 0 Å². The molecule has 0 aliphatic rings. The smallest absolute Gasteiger partial charge is 0.0948 e. The van der Waals surface area contributed by atoms with Crippen LogP contribution in [0.1, 0.15) is 18.2 Å². The monoisotopic (exact) mass is 212 g/mol. The SMILES string of the molecule is CN(C)CCCn1cncc1C(N)CO. The first kappa shape index (κ1) is 12.2. The third kappa shape index (κ3) is 3.62. The van der Waals surface area contributed by atoms with E-state index < -0.39 is 0 Å². The standard InChI is InChI=1S/C10H20N4O/c1-13(2)4-3-5-14-8-12-6-10(14)9(11)7-15/h6,8-9,15H,3-5,7,11H2,1-2H3. The largest absolute Gasteiger partial charge is 0.394 e. The average molecular weight is 212 g/mol. The topological polar surface area (TPSA) is 67.3 Å². The third-order valence-electron chi connectivity index (χ3n) is 2.33. The Balaban J connectivity index is 2.50. The van der Waals surface area contributed by atoms with Crippen LogP contribution in [0.2, 0.25) is 0 Å². The minimum atomic E-state index is -0.327. The molecule has 1 unspecified atom stereocenters. The van der Waals surface area contributed by atoms with Crippen molar-refractivity contribution in [2.75, 3.05) is 27.2 Å². The number of aromatic nitrogens is 2. The second-order valence-electron chi connectivity index (χ2n) is 3.96. The second kappa shape index (κ2) is 5.85. The van der Waals surface area contributed by atoms with Gasteiger partial charge in [0.15, 0.2) is 0 Å². The lowest BCUT2D eigenvalue weighted by molar-refractivity contribution is 0.262. The highest BCUT2D eigenvalue weighted by Gasteiger charge is 2.09. The van der Waals surface area contributed by atoms with Crippen LogP contribution in [-0.4, -0.2) is 46.8 Å². The van der Waals surface area contributed by atoms with E-state index in [0.717, 1.165) is 25.2 Å². The van der Waals surface area contributed by atoms with Gasteiger partial charge in [0.2, 0.25) is 0 Å². The Morgan fingerprint density at radius 2 is 2.33 bits per heavy atom. The second-order valence-corrected chi connectivity index (χ2v) is 3.96. The van der Waals surface area contributed by atoms with Gasteiger partial charge in [-0.25, -0.2) is 4.98 Å². The van der Waals surface area contributed by atoms with E-state index >= 15 is 0 Å². The van der Waals surface area contributed by atoms with Crippen LogP contribution in [-0.2, 0) is 6.54 Å². The van der Waals surface area contributed by atoms with Crippen molar-refractivity contribution < 1.29 is 5.11 Å². The first-order valence-electron chi connectivity index (χ1n) is 5.16. The molecule has 0 aliphatic carbocycles. The van der Waals surface area contributed by atoms with Crippen LogP contribution in [0.4, 0.5) is 0 Å². The van der Waals surface area contributed by atoms with Gasteiger partial charge in [-0.3, -0.25) is 0 Å². The first-order valence-corrected chi connectivity index (χ1v) is 5.16. The van der Waals surface area contributed by atoms with Crippen LogP contribution in [0.5, 0.6) is 0 Å². The maximum atomic E-state index is 8.97. The van der Waals surface area contributed by atoms with E-state index in [-0.39, 0.29) is 12.6 Å². The van der Waals surface area contributed by atoms with Crippen LogP contribution in [0.3, 0.4) is 0 Å². The average Bonchev–Trinajstić information content (AvgIpc) is 2.64. The number of aliphatic hydroxyl groups is 1. The van der Waals surface area contributed by atoms with Gasteiger partial charge in [0, 0.05) is 12.7 Å². The van der Waals surface area contributed by atoms with Gasteiger partial charge in [-0.15, -0.1) is 0 Å². The molecular weight excluding hydrogens is 192 g/mol. The Morgan fingerprint density at radius 1 is 1.60 bits per heavy atom. The Bertz CT molecular complexity index is 285. The summed E-state index contributed by atoms with van der Waals surface area (Å²) in [6.45, 7) is 1.88. The minimum absolute atomic E-state index is 0.0423. The summed E-state index contributed by atoms with van der Waals surface area (Å²) in [5.74, 6) is 0. The van der Waals surface area contributed by atoms with Gasteiger partial charge in [0.25, 0.3) is 0 Å². The Kier molecular flexibility index (Phi) is 4.74. The molecule has 1 aromatic rings. The number of nitrogens with zero attached hydrogens (tertiary/aromatic N) is 3. The predicted octanol–water partition coefficient (Wildman–Crippen LogP) is -0.173. The molecule has 1 heterocycles. The van der Waals surface area contributed by atoms with Gasteiger partial charge >= 0.3 is 0 Å². The zero-order chi connectivity index (χ0) is 11.3. The molecule has 3 N–H and O–H groups in total. The van der Waals surface area contributed by atoms with Crippen molar-refractivity contribution in [3.05, 3.63) is 18.2 Å². The molecule has 0 aromatic carbocycles. The molecule has 0 radical (unpaired) electrons. The lowest BCUT2D eigenvalue weighted by atomic mass is 10.2. The van der Waals surface area contributed by atoms with Crippen molar-refractivity contribution in [3.63, 3.8) is 0 Å². The lowest BCUT2D eigenvalue weighted by Crippen LogP contribution is -2.20. The summed E-state index contributed by atoms with van der Waals surface area (Å²) in [7, 11) is 4.10. The fourth-order valence-corrected chi connectivity index (χ4v) is 1.48. The molecule has 1 atom stereocenters. The predicted molar refractivity (Wildman–Crippen MR) is 59.4 cm³/mol. The molecule has 15 heavy (non-hydrogen) atoms. The molecule has 5 nitrogen and oxygen atoms in total. The number of imidazole rings is 1. The van der Waals surface area contributed by atoms with Crippen molar-refractivity contribution in [3.8, 4) is 0 Å². The van der Waals surface area contributed by atoms with Crippen LogP contribution < -0.4 is 5.73 Å². The van der Waals surface area contributed by atoms with Gasteiger partial charge in [0.05, 0.1) is 24.7 Å².